The fraction of sp³-hybridized carbons (Fsp3) is 0.900. The Morgan fingerprint density at radius 3 is 1.52 bits per heavy atom. The van der Waals surface area contributed by atoms with Crippen molar-refractivity contribution >= 4 is 34.2 Å². The second-order valence-electron chi connectivity index (χ2n) is 15.4. The average molecular weight is 629 g/mol. The third-order valence-corrected chi connectivity index (χ3v) is 18.3. The molecule has 2 amide bonds. The van der Waals surface area contributed by atoms with Crippen molar-refractivity contribution in [2.75, 3.05) is 26.4 Å². The summed E-state index contributed by atoms with van der Waals surface area (Å²) in [5.74, 6) is -0.190. The second-order valence-corrected chi connectivity index (χ2v) is 25.1. The van der Waals surface area contributed by atoms with E-state index in [-0.39, 0.29) is 39.7 Å². The van der Waals surface area contributed by atoms with E-state index in [1.807, 2.05) is 39.5 Å². The van der Waals surface area contributed by atoms with Crippen molar-refractivity contribution in [2.45, 2.75) is 149 Å². The number of amides is 2. The van der Waals surface area contributed by atoms with Crippen molar-refractivity contribution < 1.29 is 32.7 Å². The van der Waals surface area contributed by atoms with Crippen LogP contribution in [0.2, 0.25) is 36.3 Å². The van der Waals surface area contributed by atoms with E-state index in [1.54, 1.807) is 4.90 Å². The van der Waals surface area contributed by atoms with E-state index in [0.717, 1.165) is 0 Å². The Kier molecular flexibility index (Phi) is 12.6. The molecule has 0 N–H and O–H groups in total. The quantitative estimate of drug-likeness (QED) is 0.140. The Hall–Kier alpha value is -1.41. The predicted octanol–water partition coefficient (Wildman–Crippen LogP) is 6.04. The number of hydrogen-bond donors (Lipinski definition) is 0. The Morgan fingerprint density at radius 1 is 0.833 bits per heavy atom. The van der Waals surface area contributed by atoms with Gasteiger partial charge in [0.15, 0.2) is 16.6 Å². The fourth-order valence-electron chi connectivity index (χ4n) is 4.36. The van der Waals surface area contributed by atoms with E-state index in [4.69, 9.17) is 23.9 Å². The van der Waals surface area contributed by atoms with Crippen LogP contribution in [0.5, 0.6) is 0 Å². The molecule has 2 aliphatic rings. The Labute approximate surface area is 257 Å². The zero-order chi connectivity index (χ0) is 33.1. The monoisotopic (exact) mass is 628 g/mol. The summed E-state index contributed by atoms with van der Waals surface area (Å²) in [5, 5.41) is 0.293. The first-order valence-corrected chi connectivity index (χ1v) is 21.0. The minimum atomic E-state index is -1.89. The van der Waals surface area contributed by atoms with Gasteiger partial charge in [0.25, 0.3) is 0 Å². The smallest absolute Gasteiger partial charge is 0.353 e. The minimum absolute atomic E-state index is 0.0339. The molecule has 0 aromatic carbocycles. The van der Waals surface area contributed by atoms with Gasteiger partial charge in [-0.15, -0.1) is 0 Å². The first-order valence-electron chi connectivity index (χ1n) is 15.2. The molecule has 0 aromatic rings. The van der Waals surface area contributed by atoms with Crippen LogP contribution in [0, 0.1) is 0 Å². The van der Waals surface area contributed by atoms with Gasteiger partial charge in [-0.3, -0.25) is 14.5 Å². The highest BCUT2D eigenvalue weighted by Gasteiger charge is 2.48. The molecule has 0 radical (unpaired) electrons. The van der Waals surface area contributed by atoms with Crippen molar-refractivity contribution in [2.24, 2.45) is 0 Å². The molecule has 0 spiro atoms. The molecule has 0 aromatic heterocycles. The van der Waals surface area contributed by atoms with Crippen LogP contribution in [0.3, 0.4) is 0 Å². The maximum atomic E-state index is 12.4. The number of carbonyl (C=O) groups is 2. The lowest BCUT2D eigenvalue weighted by Gasteiger charge is -2.39. The molecule has 2 aliphatic heterocycles. The summed E-state index contributed by atoms with van der Waals surface area (Å²) >= 11 is 0. The summed E-state index contributed by atoms with van der Waals surface area (Å²) in [6.07, 6.45) is 0.503. The van der Waals surface area contributed by atoms with Gasteiger partial charge in [-0.1, -0.05) is 48.5 Å². The van der Waals surface area contributed by atoms with Crippen molar-refractivity contribution in [3.63, 3.8) is 0 Å². The SMILES string of the molecule is CC(=[N+]=[N-])C(=O)N1[C@@H](CO[Si](C)(C)C(C)(C)C)COC1(C)C.CCC(=O)N1[C@@H](CO[Si](C)(C)C(C)(C)C)COC1(C)C. The summed E-state index contributed by atoms with van der Waals surface area (Å²) < 4.78 is 24.0. The molecule has 0 aliphatic carbocycles. The Morgan fingerprint density at radius 2 is 1.19 bits per heavy atom. The van der Waals surface area contributed by atoms with E-state index in [0.29, 0.717) is 32.8 Å². The van der Waals surface area contributed by atoms with E-state index in [9.17, 15) is 9.59 Å². The van der Waals surface area contributed by atoms with Crippen LogP contribution < -0.4 is 0 Å². The topological polar surface area (TPSA) is 114 Å². The minimum Gasteiger partial charge on any atom is -0.415 e. The van der Waals surface area contributed by atoms with E-state index < -0.39 is 28.1 Å². The van der Waals surface area contributed by atoms with Crippen LogP contribution in [0.4, 0.5) is 0 Å². The molecule has 2 atom stereocenters. The van der Waals surface area contributed by atoms with Crippen molar-refractivity contribution in [3.05, 3.63) is 5.53 Å². The van der Waals surface area contributed by atoms with E-state index in [2.05, 4.69) is 72.5 Å². The van der Waals surface area contributed by atoms with Crippen LogP contribution >= 0.6 is 0 Å². The largest absolute Gasteiger partial charge is 0.415 e. The van der Waals surface area contributed by atoms with Crippen LogP contribution in [-0.4, -0.2) is 98.7 Å². The third-order valence-electron chi connectivity index (χ3n) is 9.28. The maximum absolute atomic E-state index is 12.4. The van der Waals surface area contributed by atoms with Gasteiger partial charge in [0.2, 0.25) is 5.91 Å². The van der Waals surface area contributed by atoms with Gasteiger partial charge in [-0.25, -0.2) is 0 Å². The van der Waals surface area contributed by atoms with Gasteiger partial charge in [-0.05, 0) is 64.0 Å². The first-order chi connectivity index (χ1) is 18.8. The van der Waals surface area contributed by atoms with Gasteiger partial charge in [0.05, 0.1) is 38.5 Å². The van der Waals surface area contributed by atoms with Gasteiger partial charge in [0.1, 0.15) is 11.4 Å². The highest BCUT2D eigenvalue weighted by molar-refractivity contribution is 6.74. The van der Waals surface area contributed by atoms with Crippen LogP contribution in [0.15, 0.2) is 0 Å². The van der Waals surface area contributed by atoms with Crippen LogP contribution in [-0.2, 0) is 27.9 Å². The van der Waals surface area contributed by atoms with Crippen LogP contribution in [0.25, 0.3) is 5.53 Å². The molecule has 244 valence electrons. The summed E-state index contributed by atoms with van der Waals surface area (Å²) in [7, 11) is -3.68. The van der Waals surface area contributed by atoms with E-state index in [1.165, 1.54) is 6.92 Å². The van der Waals surface area contributed by atoms with Crippen LogP contribution in [0.1, 0.15) is 89.5 Å². The van der Waals surface area contributed by atoms with Gasteiger partial charge in [0, 0.05) is 13.3 Å². The maximum Gasteiger partial charge on any atom is 0.353 e. The van der Waals surface area contributed by atoms with Gasteiger partial charge in [-0.2, -0.15) is 4.79 Å². The highest BCUT2D eigenvalue weighted by Crippen LogP contribution is 2.39. The molecule has 10 nitrogen and oxygen atoms in total. The highest BCUT2D eigenvalue weighted by atomic mass is 28.4. The number of hydrogen-bond acceptors (Lipinski definition) is 6. The first kappa shape index (κ1) is 38.6. The molecule has 2 saturated heterocycles. The normalized spacial score (nSPS) is 22.4. The molecule has 0 unspecified atom stereocenters. The van der Waals surface area contributed by atoms with E-state index >= 15 is 0 Å². The molecule has 2 fully saturated rings. The Balaban J connectivity index is 0.000000422. The van der Waals surface area contributed by atoms with Crippen molar-refractivity contribution in [1.82, 2.24) is 9.80 Å². The number of ether oxygens (including phenoxy) is 2. The summed E-state index contributed by atoms with van der Waals surface area (Å²) in [6.45, 7) is 35.0. The van der Waals surface area contributed by atoms with Crippen molar-refractivity contribution in [3.8, 4) is 0 Å². The molecule has 42 heavy (non-hydrogen) atoms. The third kappa shape index (κ3) is 9.30. The zero-order valence-corrected chi connectivity index (χ0v) is 31.4. The number of nitrogens with zero attached hydrogens (tertiary/aromatic N) is 4. The van der Waals surface area contributed by atoms with Gasteiger partial charge >= 0.3 is 11.6 Å². The summed E-state index contributed by atoms with van der Waals surface area (Å²) in [6, 6.07) is -0.139. The lowest BCUT2D eigenvalue weighted by molar-refractivity contribution is -0.146. The molecular formula is C30H60N4O6Si2. The lowest BCUT2D eigenvalue weighted by atomic mass is 10.2. The average Bonchev–Trinajstić information content (AvgIpc) is 3.32. The summed E-state index contributed by atoms with van der Waals surface area (Å²) in [4.78, 5) is 31.1. The van der Waals surface area contributed by atoms with Crippen molar-refractivity contribution in [1.29, 1.82) is 0 Å². The number of carbonyl (C=O) groups excluding carboxylic acids is 2. The number of rotatable bonds is 8. The van der Waals surface area contributed by atoms with Gasteiger partial charge < -0.3 is 28.8 Å². The standard InChI is InChI=1S/C15H29N3O3Si.C15H31NO3Si/c1-11(17-16)13(19)18-12(9-20-15(18,5)6)10-21-22(7,8)14(2,3)4;1-9-13(17)16-12(10-18-15(16,5)6)11-19-20(7,8)14(2,3)4/h12H,9-10H2,1-8H3;12H,9-11H2,1-8H3/t2*12-/m11/s1. The molecular weight excluding hydrogens is 569 g/mol. The fourth-order valence-corrected chi connectivity index (χ4v) is 6.44. The molecule has 0 bridgehead atoms. The lowest BCUT2D eigenvalue weighted by Crippen LogP contribution is -2.53. The zero-order valence-electron chi connectivity index (χ0n) is 29.4. The Bertz CT molecular complexity index is 1010. The predicted molar refractivity (Wildman–Crippen MR) is 172 cm³/mol. The molecule has 2 rings (SSSR count). The molecule has 12 heteroatoms. The summed E-state index contributed by atoms with van der Waals surface area (Å²) in [5.41, 5.74) is 7.66. The molecule has 0 saturated carbocycles. The molecule has 2 heterocycles. The second kappa shape index (κ2) is 13.7.